The molecule has 0 radical (unpaired) electrons. The van der Waals surface area contributed by atoms with Crippen LogP contribution in [0.2, 0.25) is 0 Å². The van der Waals surface area contributed by atoms with Crippen LogP contribution in [0.5, 0.6) is 0 Å². The van der Waals surface area contributed by atoms with Gasteiger partial charge in [-0.1, -0.05) is 6.08 Å². The summed E-state index contributed by atoms with van der Waals surface area (Å²) in [5.74, 6) is -2.53. The quantitative estimate of drug-likeness (QED) is 0.179. The molecular weight excluding hydrogens is 453 g/mol. The number of amides is 3. The summed E-state index contributed by atoms with van der Waals surface area (Å²) < 4.78 is 32.6. The molecule has 3 heterocycles. The Morgan fingerprint density at radius 1 is 1.33 bits per heavy atom. The van der Waals surface area contributed by atoms with E-state index in [4.69, 9.17) is 0 Å². The molecule has 4 N–H and O–H groups in total. The molecule has 0 bridgehead atoms. The first-order chi connectivity index (χ1) is 13.5. The number of thioether (sulfide) groups is 1. The summed E-state index contributed by atoms with van der Waals surface area (Å²) in [7, 11) is -4.92. The van der Waals surface area contributed by atoms with Gasteiger partial charge in [-0.05, 0) is 11.8 Å². The number of hydrogen-bond acceptors (Lipinski definition) is 9. The molecule has 2 aliphatic heterocycles. The van der Waals surface area contributed by atoms with Crippen LogP contribution in [0.3, 0.4) is 0 Å². The molecule has 30 heavy (non-hydrogen) atoms. The van der Waals surface area contributed by atoms with Crippen LogP contribution in [0.1, 0.15) is 23.2 Å². The van der Waals surface area contributed by atoms with Crippen LogP contribution in [0, 0.1) is 0 Å². The van der Waals surface area contributed by atoms with Gasteiger partial charge in [0.05, 0.1) is 13.0 Å². The molecule has 1 aromatic rings. The van der Waals surface area contributed by atoms with Gasteiger partial charge in [0.2, 0.25) is 5.91 Å². The van der Waals surface area contributed by atoms with Crippen LogP contribution >= 0.6 is 11.8 Å². The number of H-pyrrole nitrogens is 2. The predicted octanol–water partition coefficient (Wildman–Crippen LogP) is -5.68. The van der Waals surface area contributed by atoms with Crippen molar-refractivity contribution < 1.29 is 56.9 Å². The molecule has 156 valence electrons. The minimum atomic E-state index is -4.92. The summed E-state index contributed by atoms with van der Waals surface area (Å²) in [5, 5.41) is 6.53. The second-order valence-corrected chi connectivity index (χ2v) is 8.84. The average molecular weight is 467 g/mol. The van der Waals surface area contributed by atoms with E-state index >= 15 is 0 Å². The van der Waals surface area contributed by atoms with Gasteiger partial charge in [0.25, 0.3) is 17.4 Å². The smallest absolute Gasteiger partial charge is 0.731 e. The summed E-state index contributed by atoms with van der Waals surface area (Å²) in [6.45, 7) is -0.464. The third-order valence-electron chi connectivity index (χ3n) is 4.19. The Labute approximate surface area is 195 Å². The van der Waals surface area contributed by atoms with Crippen molar-refractivity contribution in [2.24, 2.45) is 0 Å². The van der Waals surface area contributed by atoms with Gasteiger partial charge >= 0.3 is 35.2 Å². The molecular formula is C14H14N5NaO8S2. The Morgan fingerprint density at radius 2 is 2.03 bits per heavy atom. The van der Waals surface area contributed by atoms with Crippen LogP contribution in [-0.2, 0) is 19.9 Å². The predicted molar refractivity (Wildman–Crippen MR) is 97.2 cm³/mol. The molecule has 0 spiro atoms. The fraction of sp³-hybridized carbons (Fsp3) is 0.357. The Hall–Kier alpha value is -1.91. The molecule has 2 unspecified atom stereocenters. The van der Waals surface area contributed by atoms with Crippen LogP contribution < -0.4 is 51.4 Å². The molecule has 0 aromatic carbocycles. The van der Waals surface area contributed by atoms with E-state index in [0.717, 1.165) is 18.0 Å². The fourth-order valence-electron chi connectivity index (χ4n) is 2.77. The van der Waals surface area contributed by atoms with Crippen LogP contribution in [0.25, 0.3) is 0 Å². The molecule has 13 nitrogen and oxygen atoms in total. The minimum absolute atomic E-state index is 0. The third kappa shape index (κ3) is 5.22. The summed E-state index contributed by atoms with van der Waals surface area (Å²) in [6, 6.07) is -1.15. The number of hydrogen-bond donors (Lipinski definition) is 4. The van der Waals surface area contributed by atoms with E-state index in [1.807, 2.05) is 4.98 Å². The van der Waals surface area contributed by atoms with Crippen molar-refractivity contribution in [3.8, 4) is 0 Å². The summed E-state index contributed by atoms with van der Waals surface area (Å²) >= 11 is 1.11. The monoisotopic (exact) mass is 467 g/mol. The van der Waals surface area contributed by atoms with Gasteiger partial charge in [-0.3, -0.25) is 24.2 Å². The first-order valence-electron chi connectivity index (χ1n) is 8.05. The molecule has 0 aliphatic carbocycles. The van der Waals surface area contributed by atoms with Gasteiger partial charge < -0.3 is 20.2 Å². The maximum atomic E-state index is 12.4. The van der Waals surface area contributed by atoms with Gasteiger partial charge in [0.15, 0.2) is 10.3 Å². The standard InChI is InChI=1S/C14H15N5O8S2.Na/c20-9(16-8-6-19(12(8)23)29(25,26)27)4-14(2-1-3-28-14)18-11(22)7-5-15-13(24)17-10(7)21;/h1,3,5,8H,2,4,6H2,(H,16,20)(H,18,22)(H,25,26,27)(H2,15,17,21,24);/q;+1/p-1. The molecule has 3 rings (SSSR count). The molecule has 2 aliphatic rings. The number of carbonyl (C=O) groups is 3. The SMILES string of the molecule is O=C(CC1(NC(=O)c2c[nH]c(=O)[nH]c2=O)CC=CS1)NC1CN(S(=O)(=O)[O-])C1=O.[Na+]. The average Bonchev–Trinajstić information content (AvgIpc) is 3.04. The minimum Gasteiger partial charge on any atom is -0.731 e. The third-order valence-corrected chi connectivity index (χ3v) is 6.25. The summed E-state index contributed by atoms with van der Waals surface area (Å²) in [4.78, 5) is 62.2. The summed E-state index contributed by atoms with van der Waals surface area (Å²) in [5.41, 5.74) is -2.04. The molecule has 1 fully saturated rings. The Bertz CT molecular complexity index is 1120. The maximum Gasteiger partial charge on any atom is 1.00 e. The molecule has 1 aromatic heterocycles. The van der Waals surface area contributed by atoms with Crippen LogP contribution in [0.15, 0.2) is 27.3 Å². The van der Waals surface area contributed by atoms with E-state index in [0.29, 0.717) is 0 Å². The van der Waals surface area contributed by atoms with E-state index in [2.05, 4.69) is 15.6 Å². The van der Waals surface area contributed by atoms with E-state index in [1.54, 1.807) is 11.5 Å². The van der Waals surface area contributed by atoms with Gasteiger partial charge in [-0.25, -0.2) is 17.5 Å². The van der Waals surface area contributed by atoms with Gasteiger partial charge in [-0.2, -0.15) is 0 Å². The zero-order chi connectivity index (χ0) is 21.4. The molecule has 0 saturated carbocycles. The molecule has 1 saturated heterocycles. The first kappa shape index (κ1) is 24.4. The largest absolute Gasteiger partial charge is 1.00 e. The van der Waals surface area contributed by atoms with Gasteiger partial charge in [0.1, 0.15) is 16.5 Å². The molecule has 16 heteroatoms. The number of carbonyl (C=O) groups excluding carboxylic acids is 3. The van der Waals surface area contributed by atoms with Crippen molar-refractivity contribution in [2.75, 3.05) is 6.54 Å². The van der Waals surface area contributed by atoms with E-state index < -0.39 is 56.7 Å². The van der Waals surface area contributed by atoms with Crippen molar-refractivity contribution in [1.82, 2.24) is 24.9 Å². The number of aromatic amines is 2. The second kappa shape index (κ2) is 9.07. The molecule has 3 amide bonds. The number of nitrogens with zero attached hydrogens (tertiary/aromatic N) is 1. The number of β-lactam (4-membered cyclic amide) rings is 1. The van der Waals surface area contributed by atoms with Gasteiger partial charge in [-0.15, -0.1) is 11.8 Å². The van der Waals surface area contributed by atoms with E-state index in [-0.39, 0.29) is 52.3 Å². The summed E-state index contributed by atoms with van der Waals surface area (Å²) in [6.07, 6.45) is 2.57. The maximum absolute atomic E-state index is 12.4. The Balaban J connectivity index is 0.00000320. The van der Waals surface area contributed by atoms with Crippen molar-refractivity contribution in [3.05, 3.63) is 44.1 Å². The van der Waals surface area contributed by atoms with Crippen molar-refractivity contribution in [3.63, 3.8) is 0 Å². The number of rotatable bonds is 6. The van der Waals surface area contributed by atoms with E-state index in [1.165, 1.54) is 0 Å². The zero-order valence-corrected chi connectivity index (χ0v) is 19.1. The van der Waals surface area contributed by atoms with Gasteiger partial charge in [0, 0.05) is 6.20 Å². The van der Waals surface area contributed by atoms with Crippen molar-refractivity contribution >= 4 is 39.8 Å². The zero-order valence-electron chi connectivity index (χ0n) is 15.5. The number of aromatic nitrogens is 2. The van der Waals surface area contributed by atoms with Crippen LogP contribution in [-0.4, -0.2) is 62.4 Å². The normalized spacial score (nSPS) is 22.8. The Kier molecular flexibility index (Phi) is 7.36. The number of nitrogens with one attached hydrogen (secondary N) is 4. The Morgan fingerprint density at radius 3 is 2.57 bits per heavy atom. The first-order valence-corrected chi connectivity index (χ1v) is 10.3. The topological polar surface area (TPSA) is 201 Å². The van der Waals surface area contributed by atoms with Crippen LogP contribution in [0.4, 0.5) is 0 Å². The second-order valence-electron chi connectivity index (χ2n) is 6.25. The van der Waals surface area contributed by atoms with Crippen molar-refractivity contribution in [1.29, 1.82) is 0 Å². The van der Waals surface area contributed by atoms with E-state index in [9.17, 15) is 36.9 Å². The molecule has 2 atom stereocenters. The fourth-order valence-corrected chi connectivity index (χ4v) is 4.46. The van der Waals surface area contributed by atoms with Crippen molar-refractivity contribution in [2.45, 2.75) is 23.8 Å².